The minimum absolute atomic E-state index is 0.0725. The van der Waals surface area contributed by atoms with Crippen molar-refractivity contribution in [2.45, 2.75) is 69.9 Å². The molecule has 2 aliphatic carbocycles. The zero-order valence-corrected chi connectivity index (χ0v) is 16.1. The summed E-state index contributed by atoms with van der Waals surface area (Å²) >= 11 is 0. The number of carbonyl (C=O) groups excluding carboxylic acids is 2. The van der Waals surface area contributed by atoms with Gasteiger partial charge >= 0.3 is 0 Å². The highest BCUT2D eigenvalue weighted by Gasteiger charge is 2.38. The highest BCUT2D eigenvalue weighted by atomic mass is 16.2. The third-order valence-corrected chi connectivity index (χ3v) is 6.45. The summed E-state index contributed by atoms with van der Waals surface area (Å²) in [6.45, 7) is 1.62. The lowest BCUT2D eigenvalue weighted by molar-refractivity contribution is -0.122. The zero-order chi connectivity index (χ0) is 18.8. The SMILES string of the molecule is NC(=O)[C@@H]1CCCN(c2ccc(C(=O)N(C3CCCCC3)C3CC3)cc2)C1. The van der Waals surface area contributed by atoms with E-state index in [0.29, 0.717) is 18.6 Å². The first kappa shape index (κ1) is 18.3. The summed E-state index contributed by atoms with van der Waals surface area (Å²) in [5.41, 5.74) is 7.36. The van der Waals surface area contributed by atoms with Crippen LogP contribution in [-0.2, 0) is 4.79 Å². The molecule has 2 saturated carbocycles. The Labute approximate surface area is 161 Å². The monoisotopic (exact) mass is 369 g/mol. The molecule has 1 heterocycles. The average Bonchev–Trinajstić information content (AvgIpc) is 3.54. The van der Waals surface area contributed by atoms with Gasteiger partial charge < -0.3 is 15.5 Å². The van der Waals surface area contributed by atoms with Crippen LogP contribution in [0.5, 0.6) is 0 Å². The normalized spacial score (nSPS) is 23.9. The molecule has 1 aliphatic heterocycles. The van der Waals surface area contributed by atoms with E-state index >= 15 is 0 Å². The van der Waals surface area contributed by atoms with Crippen LogP contribution in [0.3, 0.4) is 0 Å². The largest absolute Gasteiger partial charge is 0.371 e. The molecule has 4 rings (SSSR count). The highest BCUT2D eigenvalue weighted by Crippen LogP contribution is 2.35. The van der Waals surface area contributed by atoms with Gasteiger partial charge in [-0.1, -0.05) is 19.3 Å². The van der Waals surface area contributed by atoms with Crippen molar-refractivity contribution >= 4 is 17.5 Å². The van der Waals surface area contributed by atoms with Gasteiger partial charge in [-0.25, -0.2) is 0 Å². The van der Waals surface area contributed by atoms with E-state index in [1.165, 1.54) is 19.3 Å². The zero-order valence-electron chi connectivity index (χ0n) is 16.1. The third-order valence-electron chi connectivity index (χ3n) is 6.45. The van der Waals surface area contributed by atoms with Crippen LogP contribution in [0.1, 0.15) is 68.1 Å². The number of anilines is 1. The summed E-state index contributed by atoms with van der Waals surface area (Å²) in [4.78, 5) is 29.1. The average molecular weight is 370 g/mol. The molecule has 0 aromatic heterocycles. The molecule has 27 heavy (non-hydrogen) atoms. The number of nitrogens with two attached hydrogens (primary N) is 1. The summed E-state index contributed by atoms with van der Waals surface area (Å²) in [6.07, 6.45) is 10.3. The number of hydrogen-bond donors (Lipinski definition) is 1. The van der Waals surface area contributed by atoms with E-state index in [1.54, 1.807) is 0 Å². The first-order valence-electron chi connectivity index (χ1n) is 10.6. The first-order valence-corrected chi connectivity index (χ1v) is 10.6. The molecule has 0 radical (unpaired) electrons. The van der Waals surface area contributed by atoms with Crippen LogP contribution in [0.15, 0.2) is 24.3 Å². The van der Waals surface area contributed by atoms with E-state index in [0.717, 1.165) is 56.3 Å². The number of benzene rings is 1. The maximum absolute atomic E-state index is 13.2. The number of carbonyl (C=O) groups is 2. The van der Waals surface area contributed by atoms with Gasteiger partial charge in [-0.05, 0) is 62.8 Å². The molecule has 1 saturated heterocycles. The van der Waals surface area contributed by atoms with Gasteiger partial charge in [0, 0.05) is 36.4 Å². The fourth-order valence-electron chi connectivity index (χ4n) is 4.75. The van der Waals surface area contributed by atoms with Crippen molar-refractivity contribution in [1.29, 1.82) is 0 Å². The number of rotatable bonds is 5. The minimum Gasteiger partial charge on any atom is -0.371 e. The number of primary amides is 1. The second-order valence-corrected chi connectivity index (χ2v) is 8.47. The van der Waals surface area contributed by atoms with Gasteiger partial charge in [0.15, 0.2) is 0 Å². The second-order valence-electron chi connectivity index (χ2n) is 8.47. The topological polar surface area (TPSA) is 66.6 Å². The Morgan fingerprint density at radius 3 is 2.19 bits per heavy atom. The molecule has 146 valence electrons. The van der Waals surface area contributed by atoms with Crippen LogP contribution in [0, 0.1) is 5.92 Å². The Bertz CT molecular complexity index is 677. The van der Waals surface area contributed by atoms with Gasteiger partial charge in [0.25, 0.3) is 5.91 Å². The van der Waals surface area contributed by atoms with E-state index in [4.69, 9.17) is 5.73 Å². The molecular formula is C22H31N3O2. The number of hydrogen-bond acceptors (Lipinski definition) is 3. The van der Waals surface area contributed by atoms with Gasteiger partial charge in [0.1, 0.15) is 0 Å². The highest BCUT2D eigenvalue weighted by molar-refractivity contribution is 5.95. The standard InChI is InChI=1S/C22H31N3O2/c23-21(26)17-5-4-14-24(15-17)18-10-8-16(9-11-18)22(27)25(20-12-13-20)19-6-2-1-3-7-19/h8-11,17,19-20H,1-7,12-15H2,(H2,23,26)/t17-/m1/s1. The third kappa shape index (κ3) is 4.12. The Morgan fingerprint density at radius 2 is 1.56 bits per heavy atom. The summed E-state index contributed by atoms with van der Waals surface area (Å²) in [5.74, 6) is -0.0830. The van der Waals surface area contributed by atoms with Crippen molar-refractivity contribution in [1.82, 2.24) is 4.90 Å². The molecule has 2 amide bonds. The van der Waals surface area contributed by atoms with Gasteiger partial charge in [0.2, 0.25) is 5.91 Å². The van der Waals surface area contributed by atoms with Crippen LogP contribution >= 0.6 is 0 Å². The summed E-state index contributed by atoms with van der Waals surface area (Å²) in [6, 6.07) is 8.87. The van der Waals surface area contributed by atoms with E-state index < -0.39 is 0 Å². The Hall–Kier alpha value is -2.04. The van der Waals surface area contributed by atoms with Crippen LogP contribution < -0.4 is 10.6 Å². The predicted octanol–water partition coefficient (Wildman–Crippen LogP) is 3.33. The molecule has 0 unspecified atom stereocenters. The van der Waals surface area contributed by atoms with Crippen molar-refractivity contribution in [3.63, 3.8) is 0 Å². The summed E-state index contributed by atoms with van der Waals surface area (Å²) in [7, 11) is 0. The van der Waals surface area contributed by atoms with Crippen LogP contribution in [0.2, 0.25) is 0 Å². The van der Waals surface area contributed by atoms with Gasteiger partial charge in [0.05, 0.1) is 5.92 Å². The minimum atomic E-state index is -0.209. The van der Waals surface area contributed by atoms with Crippen LogP contribution in [0.4, 0.5) is 5.69 Å². The predicted molar refractivity (Wildman–Crippen MR) is 107 cm³/mol. The maximum atomic E-state index is 13.2. The number of piperidine rings is 1. The van der Waals surface area contributed by atoms with Crippen molar-refractivity contribution in [3.05, 3.63) is 29.8 Å². The van der Waals surface area contributed by atoms with Gasteiger partial charge in [-0.3, -0.25) is 9.59 Å². The van der Waals surface area contributed by atoms with Crippen molar-refractivity contribution in [2.24, 2.45) is 11.7 Å². The maximum Gasteiger partial charge on any atom is 0.254 e. The van der Waals surface area contributed by atoms with Crippen LogP contribution in [0.25, 0.3) is 0 Å². The first-order chi connectivity index (χ1) is 13.1. The molecule has 1 atom stereocenters. The molecule has 3 aliphatic rings. The van der Waals surface area contributed by atoms with E-state index in [1.807, 2.05) is 24.3 Å². The molecular weight excluding hydrogens is 338 g/mol. The van der Waals surface area contributed by atoms with Crippen molar-refractivity contribution in [3.8, 4) is 0 Å². The lowest BCUT2D eigenvalue weighted by atomic mass is 9.93. The molecule has 2 N–H and O–H groups in total. The van der Waals surface area contributed by atoms with E-state index in [2.05, 4.69) is 9.80 Å². The molecule has 0 bridgehead atoms. The molecule has 3 fully saturated rings. The van der Waals surface area contributed by atoms with Crippen molar-refractivity contribution in [2.75, 3.05) is 18.0 Å². The Kier molecular flexibility index (Phi) is 5.37. The van der Waals surface area contributed by atoms with E-state index in [9.17, 15) is 9.59 Å². The smallest absolute Gasteiger partial charge is 0.254 e. The fraction of sp³-hybridized carbons (Fsp3) is 0.636. The quantitative estimate of drug-likeness (QED) is 0.866. The number of amides is 2. The second kappa shape index (κ2) is 7.91. The summed E-state index contributed by atoms with van der Waals surface area (Å²) < 4.78 is 0. The lowest BCUT2D eigenvalue weighted by Gasteiger charge is -2.35. The fourth-order valence-corrected chi connectivity index (χ4v) is 4.75. The number of nitrogens with zero attached hydrogens (tertiary/aromatic N) is 2. The molecule has 5 heteroatoms. The van der Waals surface area contributed by atoms with Gasteiger partial charge in [-0.2, -0.15) is 0 Å². The Morgan fingerprint density at radius 1 is 0.889 bits per heavy atom. The Balaban J connectivity index is 1.46. The molecule has 0 spiro atoms. The van der Waals surface area contributed by atoms with Crippen molar-refractivity contribution < 1.29 is 9.59 Å². The van der Waals surface area contributed by atoms with Gasteiger partial charge in [-0.15, -0.1) is 0 Å². The molecule has 1 aromatic rings. The molecule has 1 aromatic carbocycles. The molecule has 5 nitrogen and oxygen atoms in total. The van der Waals surface area contributed by atoms with Crippen LogP contribution in [-0.4, -0.2) is 41.9 Å². The van der Waals surface area contributed by atoms with E-state index in [-0.39, 0.29) is 17.7 Å². The summed E-state index contributed by atoms with van der Waals surface area (Å²) in [5, 5.41) is 0. The lowest BCUT2D eigenvalue weighted by Crippen LogP contribution is -2.43.